The molecule has 1 aliphatic heterocycles. The van der Waals surface area contributed by atoms with Crippen molar-refractivity contribution in [1.29, 1.82) is 0 Å². The summed E-state index contributed by atoms with van der Waals surface area (Å²) < 4.78 is 11.3. The largest absolute Gasteiger partial charge is 0.506 e. The van der Waals surface area contributed by atoms with Gasteiger partial charge in [-0.25, -0.2) is 0 Å². The van der Waals surface area contributed by atoms with Gasteiger partial charge in [0.25, 0.3) is 17.4 Å². The number of fused-ring (bicyclic) bond motifs is 1. The minimum Gasteiger partial charge on any atom is -0.506 e. The molecule has 25 heavy (non-hydrogen) atoms. The number of benzene rings is 1. The fraction of sp³-hybridized carbons (Fsp3) is 0.188. The van der Waals surface area contributed by atoms with Crippen LogP contribution >= 0.6 is 0 Å². The smallest absolute Gasteiger partial charge is 0.262 e. The molecule has 0 saturated carbocycles. The summed E-state index contributed by atoms with van der Waals surface area (Å²) in [4.78, 5) is 36.1. The molecule has 1 aromatic carbocycles. The van der Waals surface area contributed by atoms with Crippen molar-refractivity contribution in [3.8, 4) is 11.4 Å². The Morgan fingerprint density at radius 3 is 2.44 bits per heavy atom. The summed E-state index contributed by atoms with van der Waals surface area (Å²) in [6.07, 6.45) is -0.726. The molecule has 0 spiro atoms. The minimum atomic E-state index is -0.726. The summed E-state index contributed by atoms with van der Waals surface area (Å²) >= 11 is 0. The topological polar surface area (TPSA) is 133 Å². The molecule has 2 amide bonds. The van der Waals surface area contributed by atoms with Crippen LogP contribution in [0.2, 0.25) is 0 Å². The molecule has 1 aromatic heterocycles. The van der Waals surface area contributed by atoms with Crippen LogP contribution in [-0.4, -0.2) is 35.7 Å². The van der Waals surface area contributed by atoms with E-state index in [9.17, 15) is 19.5 Å². The lowest BCUT2D eigenvalue weighted by Crippen LogP contribution is -2.24. The maximum absolute atomic E-state index is 12.4. The Kier molecular flexibility index (Phi) is 4.03. The number of aromatic nitrogens is 1. The van der Waals surface area contributed by atoms with Gasteiger partial charge in [0.05, 0.1) is 16.8 Å². The van der Waals surface area contributed by atoms with Gasteiger partial charge in [0, 0.05) is 25.8 Å². The van der Waals surface area contributed by atoms with Crippen LogP contribution in [0.1, 0.15) is 32.6 Å². The van der Waals surface area contributed by atoms with Crippen molar-refractivity contribution in [2.24, 2.45) is 0 Å². The van der Waals surface area contributed by atoms with Crippen molar-refractivity contribution >= 4 is 17.6 Å². The van der Waals surface area contributed by atoms with E-state index in [1.54, 1.807) is 6.07 Å². The van der Waals surface area contributed by atoms with Crippen molar-refractivity contribution in [1.82, 2.24) is 9.88 Å². The van der Waals surface area contributed by atoms with E-state index in [2.05, 4.69) is 5.32 Å². The van der Waals surface area contributed by atoms with Gasteiger partial charge in [-0.2, -0.15) is 0 Å². The summed E-state index contributed by atoms with van der Waals surface area (Å²) in [6, 6.07) is 5.36. The number of hydrogen-bond acceptors (Lipinski definition) is 7. The Morgan fingerprint density at radius 1 is 1.12 bits per heavy atom. The Balaban J connectivity index is 2.26. The van der Waals surface area contributed by atoms with E-state index >= 15 is 0 Å². The lowest BCUT2D eigenvalue weighted by atomic mass is 10.1. The molecule has 130 valence electrons. The highest BCUT2D eigenvalue weighted by atomic mass is 16.7. The van der Waals surface area contributed by atoms with Gasteiger partial charge in [-0.3, -0.25) is 24.3 Å². The number of amides is 2. The number of phenolic OH excluding ortho intramolecular Hbond substituents is 1. The van der Waals surface area contributed by atoms with E-state index in [0.717, 1.165) is 10.6 Å². The van der Waals surface area contributed by atoms with Crippen molar-refractivity contribution in [3.63, 3.8) is 0 Å². The number of anilines is 1. The van der Waals surface area contributed by atoms with Crippen molar-refractivity contribution in [3.05, 3.63) is 51.3 Å². The van der Waals surface area contributed by atoms with Crippen LogP contribution < -0.4 is 16.6 Å². The second kappa shape index (κ2) is 6.04. The number of nitrogen functional groups attached to an aromatic ring is 1. The summed E-state index contributed by atoms with van der Waals surface area (Å²) in [6.45, 7) is 0. The highest BCUT2D eigenvalue weighted by Gasteiger charge is 2.32. The molecule has 9 nitrogen and oxygen atoms in total. The van der Waals surface area contributed by atoms with Crippen molar-refractivity contribution < 1.29 is 24.2 Å². The fourth-order valence-corrected chi connectivity index (χ4v) is 2.76. The summed E-state index contributed by atoms with van der Waals surface area (Å²) in [7, 11) is 2.87. The van der Waals surface area contributed by atoms with Crippen LogP contribution in [0, 0.1) is 0 Å². The number of nitrogens with one attached hydrogen (secondary N) is 1. The number of nitrogens with zero attached hydrogens (tertiary/aromatic N) is 1. The molecule has 0 atom stereocenters. The number of hydrogen-bond donors (Lipinski definition) is 3. The molecular weight excluding hydrogens is 330 g/mol. The Labute approximate surface area is 141 Å². The molecule has 2 aromatic rings. The van der Waals surface area contributed by atoms with E-state index in [4.69, 9.17) is 15.2 Å². The van der Waals surface area contributed by atoms with Crippen molar-refractivity contribution in [2.45, 2.75) is 6.29 Å². The fourth-order valence-electron chi connectivity index (χ4n) is 2.76. The van der Waals surface area contributed by atoms with Gasteiger partial charge >= 0.3 is 0 Å². The number of rotatable bonds is 4. The normalized spacial score (nSPS) is 13.2. The monoisotopic (exact) mass is 345 g/mol. The minimum absolute atomic E-state index is 0.0362. The Hall–Kier alpha value is -3.17. The number of phenols is 1. The maximum atomic E-state index is 12.4. The number of carbonyl (C=O) groups is 2. The average molecular weight is 345 g/mol. The first kappa shape index (κ1) is 16.7. The highest BCUT2D eigenvalue weighted by Crippen LogP contribution is 2.30. The van der Waals surface area contributed by atoms with Gasteiger partial charge in [0.2, 0.25) is 0 Å². The predicted molar refractivity (Wildman–Crippen MR) is 86.7 cm³/mol. The van der Waals surface area contributed by atoms with Crippen LogP contribution in [-0.2, 0) is 9.47 Å². The maximum Gasteiger partial charge on any atom is 0.262 e. The third-order valence-corrected chi connectivity index (χ3v) is 3.89. The molecule has 2 heterocycles. The number of imide groups is 1. The van der Waals surface area contributed by atoms with E-state index < -0.39 is 23.7 Å². The first-order valence-corrected chi connectivity index (χ1v) is 7.19. The quantitative estimate of drug-likeness (QED) is 0.536. The van der Waals surface area contributed by atoms with E-state index in [-0.39, 0.29) is 28.4 Å². The van der Waals surface area contributed by atoms with Gasteiger partial charge in [0.1, 0.15) is 11.6 Å². The summed E-state index contributed by atoms with van der Waals surface area (Å²) in [5, 5.41) is 12.2. The first-order chi connectivity index (χ1) is 11.9. The third-order valence-electron chi connectivity index (χ3n) is 3.89. The summed E-state index contributed by atoms with van der Waals surface area (Å²) in [5.41, 5.74) is 5.65. The molecule has 0 bridgehead atoms. The lowest BCUT2D eigenvalue weighted by molar-refractivity contribution is -0.106. The molecule has 4 N–H and O–H groups in total. The van der Waals surface area contributed by atoms with Crippen molar-refractivity contribution in [2.75, 3.05) is 20.0 Å². The molecule has 0 radical (unpaired) electrons. The lowest BCUT2D eigenvalue weighted by Gasteiger charge is -2.17. The SMILES string of the molecule is COC(OC)c1ccc(O)c(-n2c(N)c3c(cc2=O)C(=O)NC3=O)c1. The van der Waals surface area contributed by atoms with Crippen LogP contribution in [0.15, 0.2) is 29.1 Å². The predicted octanol–water partition coefficient (Wildman–Crippen LogP) is 0.300. The third kappa shape index (κ3) is 2.55. The molecule has 1 aliphatic rings. The Morgan fingerprint density at radius 2 is 1.80 bits per heavy atom. The molecular formula is C16H15N3O6. The number of ether oxygens (including phenoxy) is 2. The summed E-state index contributed by atoms with van der Waals surface area (Å²) in [5.74, 6) is -1.88. The average Bonchev–Trinajstić information content (AvgIpc) is 2.85. The van der Waals surface area contributed by atoms with Crippen LogP contribution in [0.3, 0.4) is 0 Å². The molecule has 0 fully saturated rings. The zero-order valence-electron chi connectivity index (χ0n) is 13.4. The molecule has 0 unspecified atom stereocenters. The van der Waals surface area contributed by atoms with Gasteiger partial charge in [-0.1, -0.05) is 6.07 Å². The Bertz CT molecular complexity index is 946. The van der Waals surface area contributed by atoms with Crippen LogP contribution in [0.5, 0.6) is 5.75 Å². The first-order valence-electron chi connectivity index (χ1n) is 7.19. The second-order valence-electron chi connectivity index (χ2n) is 5.33. The van der Waals surface area contributed by atoms with E-state index in [1.165, 1.54) is 26.4 Å². The molecule has 0 saturated heterocycles. The zero-order valence-corrected chi connectivity index (χ0v) is 13.4. The zero-order chi connectivity index (χ0) is 18.3. The van der Waals surface area contributed by atoms with Gasteiger partial charge in [-0.15, -0.1) is 0 Å². The molecule has 0 aliphatic carbocycles. The van der Waals surface area contributed by atoms with E-state index in [0.29, 0.717) is 5.56 Å². The number of pyridine rings is 1. The molecule has 3 rings (SSSR count). The number of carbonyl (C=O) groups excluding carboxylic acids is 2. The van der Waals surface area contributed by atoms with Crippen LogP contribution in [0.4, 0.5) is 5.82 Å². The highest BCUT2D eigenvalue weighted by molar-refractivity contribution is 6.23. The van der Waals surface area contributed by atoms with Gasteiger partial charge in [-0.05, 0) is 12.1 Å². The van der Waals surface area contributed by atoms with Gasteiger partial charge < -0.3 is 20.3 Å². The van der Waals surface area contributed by atoms with E-state index in [1.807, 2.05) is 0 Å². The van der Waals surface area contributed by atoms with Crippen LogP contribution in [0.25, 0.3) is 5.69 Å². The standard InChI is InChI=1S/C16H15N3O6/c1-24-16(25-2)7-3-4-10(20)9(5-7)19-11(21)6-8-12(13(19)17)15(23)18-14(8)22/h3-6,16,20H,17H2,1-2H3,(H,18,22,23). The number of nitrogens with two attached hydrogens (primary N) is 1. The number of aromatic hydroxyl groups is 1. The number of methoxy groups -OCH3 is 2. The second-order valence-corrected chi connectivity index (χ2v) is 5.33. The van der Waals surface area contributed by atoms with Gasteiger partial charge in [0.15, 0.2) is 6.29 Å². The molecule has 9 heteroatoms.